The van der Waals surface area contributed by atoms with Crippen LogP contribution < -0.4 is 4.74 Å². The van der Waals surface area contributed by atoms with Crippen LogP contribution in [0.1, 0.15) is 5.56 Å². The number of alkyl halides is 1. The van der Waals surface area contributed by atoms with E-state index in [0.29, 0.717) is 5.88 Å². The molecule has 0 saturated carbocycles. The first-order chi connectivity index (χ1) is 7.85. The maximum absolute atomic E-state index is 5.88. The van der Waals surface area contributed by atoms with Crippen molar-refractivity contribution < 1.29 is 4.74 Å². The van der Waals surface area contributed by atoms with Crippen LogP contribution in [0.2, 0.25) is 0 Å². The Balaban J connectivity index is 2.49. The summed E-state index contributed by atoms with van der Waals surface area (Å²) >= 11 is 5.88. The van der Waals surface area contributed by atoms with Crippen molar-refractivity contribution in [3.63, 3.8) is 0 Å². The third-order valence-electron chi connectivity index (χ3n) is 2.43. The number of nitrogens with zero attached hydrogens (tertiary/aromatic N) is 1. The SMILES string of the molecule is COc1cccc(-c2ccncc2CCl)c1. The van der Waals surface area contributed by atoms with Crippen LogP contribution >= 0.6 is 11.6 Å². The van der Waals surface area contributed by atoms with Gasteiger partial charge in [0.15, 0.2) is 0 Å². The van der Waals surface area contributed by atoms with E-state index in [1.165, 1.54) is 0 Å². The van der Waals surface area contributed by atoms with Crippen molar-refractivity contribution in [2.75, 3.05) is 7.11 Å². The van der Waals surface area contributed by atoms with Crippen LogP contribution in [-0.4, -0.2) is 12.1 Å². The van der Waals surface area contributed by atoms with E-state index < -0.39 is 0 Å². The molecule has 0 aliphatic rings. The lowest BCUT2D eigenvalue weighted by Crippen LogP contribution is -1.89. The molecule has 3 heteroatoms. The van der Waals surface area contributed by atoms with Crippen molar-refractivity contribution >= 4 is 11.6 Å². The van der Waals surface area contributed by atoms with Gasteiger partial charge in [-0.15, -0.1) is 11.6 Å². The van der Waals surface area contributed by atoms with Crippen LogP contribution in [0.3, 0.4) is 0 Å². The fraction of sp³-hybridized carbons (Fsp3) is 0.154. The van der Waals surface area contributed by atoms with E-state index in [-0.39, 0.29) is 0 Å². The highest BCUT2D eigenvalue weighted by molar-refractivity contribution is 6.17. The predicted molar refractivity (Wildman–Crippen MR) is 65.8 cm³/mol. The minimum absolute atomic E-state index is 0.459. The van der Waals surface area contributed by atoms with Gasteiger partial charge in [-0.1, -0.05) is 12.1 Å². The molecule has 2 nitrogen and oxygen atoms in total. The zero-order valence-electron chi connectivity index (χ0n) is 8.98. The average Bonchev–Trinajstić information content (AvgIpc) is 2.38. The molecule has 0 aliphatic carbocycles. The quantitative estimate of drug-likeness (QED) is 0.757. The molecule has 82 valence electrons. The second-order valence-corrected chi connectivity index (χ2v) is 3.67. The molecule has 0 N–H and O–H groups in total. The number of methoxy groups -OCH3 is 1. The summed E-state index contributed by atoms with van der Waals surface area (Å²) in [5, 5.41) is 0. The first-order valence-corrected chi connectivity index (χ1v) is 5.52. The van der Waals surface area contributed by atoms with Gasteiger partial charge in [0.1, 0.15) is 5.75 Å². The molecule has 1 aromatic carbocycles. The molecule has 0 amide bonds. The summed E-state index contributed by atoms with van der Waals surface area (Å²) in [6.45, 7) is 0. The lowest BCUT2D eigenvalue weighted by Gasteiger charge is -2.08. The van der Waals surface area contributed by atoms with Crippen molar-refractivity contribution in [1.82, 2.24) is 4.98 Å². The highest BCUT2D eigenvalue weighted by Gasteiger charge is 2.04. The van der Waals surface area contributed by atoms with Crippen molar-refractivity contribution in [2.24, 2.45) is 0 Å². The molecule has 0 spiro atoms. The van der Waals surface area contributed by atoms with Crippen molar-refractivity contribution in [3.05, 3.63) is 48.3 Å². The topological polar surface area (TPSA) is 22.1 Å². The highest BCUT2D eigenvalue weighted by atomic mass is 35.5. The first-order valence-electron chi connectivity index (χ1n) is 4.98. The number of hydrogen-bond acceptors (Lipinski definition) is 2. The van der Waals surface area contributed by atoms with Gasteiger partial charge in [0.25, 0.3) is 0 Å². The molecule has 2 aromatic rings. The Bertz CT molecular complexity index is 485. The molecule has 0 unspecified atom stereocenters. The Hall–Kier alpha value is -1.54. The first kappa shape index (κ1) is 11.0. The molecule has 0 aliphatic heterocycles. The van der Waals surface area contributed by atoms with Crippen LogP contribution in [0.4, 0.5) is 0 Å². The Morgan fingerprint density at radius 3 is 2.94 bits per heavy atom. The fourth-order valence-electron chi connectivity index (χ4n) is 1.61. The second-order valence-electron chi connectivity index (χ2n) is 3.40. The largest absolute Gasteiger partial charge is 0.497 e. The van der Waals surface area contributed by atoms with Gasteiger partial charge >= 0.3 is 0 Å². The molecular weight excluding hydrogens is 222 g/mol. The van der Waals surface area contributed by atoms with E-state index in [1.54, 1.807) is 19.5 Å². The van der Waals surface area contributed by atoms with Gasteiger partial charge in [0.2, 0.25) is 0 Å². The zero-order valence-corrected chi connectivity index (χ0v) is 9.74. The third kappa shape index (κ3) is 2.17. The molecule has 16 heavy (non-hydrogen) atoms. The van der Waals surface area contributed by atoms with Crippen LogP contribution in [0.5, 0.6) is 5.75 Å². The number of aromatic nitrogens is 1. The Morgan fingerprint density at radius 2 is 2.19 bits per heavy atom. The average molecular weight is 234 g/mol. The predicted octanol–water partition coefficient (Wildman–Crippen LogP) is 3.50. The third-order valence-corrected chi connectivity index (χ3v) is 2.72. The van der Waals surface area contributed by atoms with Gasteiger partial charge in [-0.05, 0) is 34.9 Å². The second kappa shape index (κ2) is 4.99. The fourth-order valence-corrected chi connectivity index (χ4v) is 1.82. The minimum atomic E-state index is 0.459. The van der Waals surface area contributed by atoms with Gasteiger partial charge in [-0.2, -0.15) is 0 Å². The van der Waals surface area contributed by atoms with Crippen LogP contribution in [-0.2, 0) is 5.88 Å². The van der Waals surface area contributed by atoms with E-state index in [1.807, 2.05) is 30.3 Å². The summed E-state index contributed by atoms with van der Waals surface area (Å²) in [5.41, 5.74) is 3.22. The Labute approximate surface area is 99.9 Å². The van der Waals surface area contributed by atoms with Gasteiger partial charge < -0.3 is 4.74 Å². The molecule has 1 aromatic heterocycles. The monoisotopic (exact) mass is 233 g/mol. The summed E-state index contributed by atoms with van der Waals surface area (Å²) in [5.74, 6) is 1.30. The van der Waals surface area contributed by atoms with Gasteiger partial charge in [-0.25, -0.2) is 0 Å². The standard InChI is InChI=1S/C13H12ClNO/c1-16-12-4-2-3-10(7-12)13-5-6-15-9-11(13)8-14/h2-7,9H,8H2,1H3. The molecule has 0 bridgehead atoms. The molecule has 0 atom stereocenters. The number of halogens is 1. The van der Waals surface area contributed by atoms with Crippen LogP contribution in [0.25, 0.3) is 11.1 Å². The molecular formula is C13H12ClNO. The smallest absolute Gasteiger partial charge is 0.119 e. The summed E-state index contributed by atoms with van der Waals surface area (Å²) < 4.78 is 5.20. The summed E-state index contributed by atoms with van der Waals surface area (Å²) in [6, 6.07) is 9.88. The Morgan fingerprint density at radius 1 is 1.31 bits per heavy atom. The van der Waals surface area contributed by atoms with E-state index in [2.05, 4.69) is 4.98 Å². The summed E-state index contributed by atoms with van der Waals surface area (Å²) in [6.07, 6.45) is 3.56. The lowest BCUT2D eigenvalue weighted by molar-refractivity contribution is 0.415. The van der Waals surface area contributed by atoms with E-state index in [4.69, 9.17) is 16.3 Å². The van der Waals surface area contributed by atoms with Crippen molar-refractivity contribution in [1.29, 1.82) is 0 Å². The maximum Gasteiger partial charge on any atom is 0.119 e. The number of rotatable bonds is 3. The van der Waals surface area contributed by atoms with Crippen molar-refractivity contribution in [2.45, 2.75) is 5.88 Å². The molecule has 2 rings (SSSR count). The molecule has 0 saturated heterocycles. The van der Waals surface area contributed by atoms with Gasteiger partial charge in [0.05, 0.1) is 7.11 Å². The molecule has 0 radical (unpaired) electrons. The minimum Gasteiger partial charge on any atom is -0.497 e. The number of pyridine rings is 1. The van der Waals surface area contributed by atoms with E-state index in [9.17, 15) is 0 Å². The normalized spacial score (nSPS) is 10.1. The molecule has 1 heterocycles. The summed E-state index contributed by atoms with van der Waals surface area (Å²) in [4.78, 5) is 4.07. The zero-order chi connectivity index (χ0) is 11.4. The Kier molecular flexibility index (Phi) is 3.42. The maximum atomic E-state index is 5.88. The van der Waals surface area contributed by atoms with Crippen LogP contribution in [0.15, 0.2) is 42.7 Å². The highest BCUT2D eigenvalue weighted by Crippen LogP contribution is 2.27. The van der Waals surface area contributed by atoms with Gasteiger partial charge in [0, 0.05) is 18.3 Å². The van der Waals surface area contributed by atoms with E-state index in [0.717, 1.165) is 22.4 Å². The van der Waals surface area contributed by atoms with Crippen LogP contribution in [0, 0.1) is 0 Å². The van der Waals surface area contributed by atoms with Crippen molar-refractivity contribution in [3.8, 4) is 16.9 Å². The summed E-state index contributed by atoms with van der Waals surface area (Å²) in [7, 11) is 1.66. The number of ether oxygens (including phenoxy) is 1. The number of benzene rings is 1. The lowest BCUT2D eigenvalue weighted by atomic mass is 10.0. The van der Waals surface area contributed by atoms with E-state index >= 15 is 0 Å². The molecule has 0 fully saturated rings. The van der Waals surface area contributed by atoms with Gasteiger partial charge in [-0.3, -0.25) is 4.98 Å². The number of hydrogen-bond donors (Lipinski definition) is 0.